The molecule has 0 radical (unpaired) electrons. The highest BCUT2D eigenvalue weighted by molar-refractivity contribution is 5.96. The molecule has 3 aromatic carbocycles. The fourth-order valence-corrected chi connectivity index (χ4v) is 3.12. The number of non-ortho nitro benzene ring substituents is 1. The van der Waals surface area contributed by atoms with Crippen molar-refractivity contribution in [2.75, 3.05) is 6.61 Å². The van der Waals surface area contributed by atoms with E-state index in [9.17, 15) is 20.0 Å². The molecule has 0 spiro atoms. The first kappa shape index (κ1) is 21.5. The molecule has 0 aliphatic heterocycles. The number of rotatable bonds is 7. The van der Waals surface area contributed by atoms with E-state index in [-0.39, 0.29) is 23.9 Å². The molecule has 4 rings (SSSR count). The molecule has 0 unspecified atom stereocenters. The third-order valence-corrected chi connectivity index (χ3v) is 4.76. The van der Waals surface area contributed by atoms with Gasteiger partial charge in [0.15, 0.2) is 12.3 Å². The fourth-order valence-electron chi connectivity index (χ4n) is 3.12. The molecule has 0 saturated heterocycles. The number of amides is 1. The number of azo groups is 1. The minimum Gasteiger partial charge on any atom is -0.493 e. The van der Waals surface area contributed by atoms with Gasteiger partial charge in [0.2, 0.25) is 5.88 Å². The van der Waals surface area contributed by atoms with Crippen LogP contribution in [0.15, 0.2) is 83.0 Å². The number of aromatic hydroxyl groups is 1. The maximum absolute atomic E-state index is 12.1. The van der Waals surface area contributed by atoms with E-state index >= 15 is 0 Å². The van der Waals surface area contributed by atoms with E-state index in [1.807, 2.05) is 30.3 Å². The lowest BCUT2D eigenvalue weighted by molar-refractivity contribution is -0.384. The number of hydrogen-bond donors (Lipinski definition) is 1. The van der Waals surface area contributed by atoms with Gasteiger partial charge in [-0.3, -0.25) is 14.9 Å². The number of hydrogen-bond acceptors (Lipinski definition) is 7. The molecule has 1 heterocycles. The van der Waals surface area contributed by atoms with E-state index in [0.717, 1.165) is 0 Å². The van der Waals surface area contributed by atoms with Crippen LogP contribution in [0.3, 0.4) is 0 Å². The molecule has 0 aliphatic rings. The second-order valence-corrected chi connectivity index (χ2v) is 6.96. The maximum Gasteiger partial charge on any atom is 0.302 e. The van der Waals surface area contributed by atoms with E-state index in [1.54, 1.807) is 31.3 Å². The number of carbonyl (C=O) groups excluding carboxylic acids is 1. The number of ether oxygens (including phenoxy) is 2. The molecule has 0 atom stereocenters. The number of aromatic nitrogens is 1. The van der Waals surface area contributed by atoms with Gasteiger partial charge in [0.05, 0.1) is 10.4 Å². The minimum atomic E-state index is -0.693. The Labute approximate surface area is 187 Å². The molecule has 166 valence electrons. The number of benzene rings is 3. The van der Waals surface area contributed by atoms with Crippen LogP contribution in [0.5, 0.6) is 23.1 Å². The Bertz CT molecular complexity index is 1350. The van der Waals surface area contributed by atoms with Gasteiger partial charge in [-0.1, -0.05) is 18.2 Å². The lowest BCUT2D eigenvalue weighted by atomic mass is 10.2. The predicted molar refractivity (Wildman–Crippen MR) is 119 cm³/mol. The second kappa shape index (κ2) is 9.18. The van der Waals surface area contributed by atoms with Crippen molar-refractivity contribution in [3.8, 4) is 23.1 Å². The third-order valence-electron chi connectivity index (χ3n) is 4.76. The number of aryl methyl sites for hydroxylation is 1. The Morgan fingerprint density at radius 3 is 2.39 bits per heavy atom. The molecule has 0 aliphatic carbocycles. The summed E-state index contributed by atoms with van der Waals surface area (Å²) in [5, 5.41) is 29.0. The van der Waals surface area contributed by atoms with Crippen LogP contribution in [0.2, 0.25) is 0 Å². The van der Waals surface area contributed by atoms with Gasteiger partial charge in [-0.05, 0) is 42.5 Å². The smallest absolute Gasteiger partial charge is 0.302 e. The van der Waals surface area contributed by atoms with Crippen molar-refractivity contribution in [1.82, 2.24) is 4.57 Å². The van der Waals surface area contributed by atoms with Crippen molar-refractivity contribution in [3.05, 3.63) is 82.9 Å². The maximum atomic E-state index is 12.1. The highest BCUT2D eigenvalue weighted by atomic mass is 16.6. The first-order valence-electron chi connectivity index (χ1n) is 9.78. The zero-order valence-corrected chi connectivity index (χ0v) is 17.4. The number of nitro benzene ring substituents is 1. The van der Waals surface area contributed by atoms with Crippen molar-refractivity contribution in [2.45, 2.75) is 0 Å². The molecule has 10 nitrogen and oxygen atoms in total. The van der Waals surface area contributed by atoms with Crippen molar-refractivity contribution < 1.29 is 24.3 Å². The van der Waals surface area contributed by atoms with Crippen LogP contribution in [-0.2, 0) is 11.8 Å². The van der Waals surface area contributed by atoms with Gasteiger partial charge >= 0.3 is 5.91 Å². The molecule has 0 fully saturated rings. The van der Waals surface area contributed by atoms with Crippen LogP contribution in [-0.4, -0.2) is 27.1 Å². The van der Waals surface area contributed by atoms with Crippen LogP contribution in [0, 0.1) is 10.1 Å². The Kier molecular flexibility index (Phi) is 5.98. The van der Waals surface area contributed by atoms with Crippen LogP contribution in [0.25, 0.3) is 10.9 Å². The van der Waals surface area contributed by atoms with E-state index in [2.05, 4.69) is 10.2 Å². The lowest BCUT2D eigenvalue weighted by Gasteiger charge is -2.07. The van der Waals surface area contributed by atoms with E-state index in [0.29, 0.717) is 28.2 Å². The number of fused-ring (bicyclic) bond motifs is 1. The Hall–Kier alpha value is -4.73. The van der Waals surface area contributed by atoms with Crippen molar-refractivity contribution >= 4 is 28.2 Å². The SMILES string of the molecule is Cn1c(O)c(N=NC(=O)COc2ccc(Oc3ccccc3)cc2)c2cc([N+](=O)[O-])ccc21. The zero-order chi connectivity index (χ0) is 23.4. The molecule has 0 bridgehead atoms. The van der Waals surface area contributed by atoms with Crippen molar-refractivity contribution in [1.29, 1.82) is 0 Å². The normalized spacial score (nSPS) is 11.1. The van der Waals surface area contributed by atoms with Crippen LogP contribution >= 0.6 is 0 Å². The van der Waals surface area contributed by atoms with Gasteiger partial charge in [0.1, 0.15) is 17.2 Å². The highest BCUT2D eigenvalue weighted by Gasteiger charge is 2.18. The quantitative estimate of drug-likeness (QED) is 0.234. The van der Waals surface area contributed by atoms with E-state index < -0.39 is 10.8 Å². The summed E-state index contributed by atoms with van der Waals surface area (Å²) >= 11 is 0. The number of nitro groups is 1. The molecule has 33 heavy (non-hydrogen) atoms. The topological polar surface area (TPSA) is 129 Å². The summed E-state index contributed by atoms with van der Waals surface area (Å²) in [5.74, 6) is 0.782. The van der Waals surface area contributed by atoms with Gasteiger partial charge in [-0.15, -0.1) is 10.2 Å². The number of carbonyl (C=O) groups is 1. The van der Waals surface area contributed by atoms with Crippen molar-refractivity contribution in [2.24, 2.45) is 17.3 Å². The lowest BCUT2D eigenvalue weighted by Crippen LogP contribution is -2.07. The molecule has 0 saturated carbocycles. The summed E-state index contributed by atoms with van der Waals surface area (Å²) in [4.78, 5) is 22.6. The zero-order valence-electron chi connectivity index (χ0n) is 17.4. The fraction of sp³-hybridized carbons (Fsp3) is 0.0870. The molecule has 10 heteroatoms. The first-order chi connectivity index (χ1) is 15.9. The van der Waals surface area contributed by atoms with Crippen LogP contribution < -0.4 is 9.47 Å². The van der Waals surface area contributed by atoms with Gasteiger partial charge in [-0.25, -0.2) is 0 Å². The Morgan fingerprint density at radius 1 is 1.03 bits per heavy atom. The first-order valence-corrected chi connectivity index (χ1v) is 9.78. The van der Waals surface area contributed by atoms with Crippen molar-refractivity contribution in [3.63, 3.8) is 0 Å². The number of nitrogens with zero attached hydrogens (tertiary/aromatic N) is 4. The molecular formula is C23H18N4O6. The predicted octanol–water partition coefficient (Wildman–Crippen LogP) is 5.27. The van der Waals surface area contributed by atoms with Crippen LogP contribution in [0.1, 0.15) is 0 Å². The summed E-state index contributed by atoms with van der Waals surface area (Å²) in [6, 6.07) is 20.1. The van der Waals surface area contributed by atoms with Gasteiger partial charge in [-0.2, -0.15) is 0 Å². The summed E-state index contributed by atoms with van der Waals surface area (Å²) in [6.45, 7) is -0.381. The highest BCUT2D eigenvalue weighted by Crippen LogP contribution is 2.39. The summed E-state index contributed by atoms with van der Waals surface area (Å²) < 4.78 is 12.5. The average molecular weight is 446 g/mol. The van der Waals surface area contributed by atoms with Gasteiger partial charge < -0.3 is 19.1 Å². The average Bonchev–Trinajstić information content (AvgIpc) is 3.07. The van der Waals surface area contributed by atoms with E-state index in [1.165, 1.54) is 22.8 Å². The Balaban J connectivity index is 1.41. The molecule has 1 amide bonds. The molecular weight excluding hydrogens is 428 g/mol. The minimum absolute atomic E-state index is 0.0352. The van der Waals surface area contributed by atoms with Crippen LogP contribution in [0.4, 0.5) is 11.4 Å². The standard InChI is InChI=1S/C23H18N4O6/c1-26-20-12-7-15(27(30)31)13-19(20)22(23(26)29)25-24-21(28)14-32-16-8-10-18(11-9-16)33-17-5-3-2-4-6-17/h2-13,29H,14H2,1H3. The summed E-state index contributed by atoms with van der Waals surface area (Å²) in [5.41, 5.74) is 0.305. The number of para-hydroxylation sites is 1. The van der Waals surface area contributed by atoms with Gasteiger partial charge in [0, 0.05) is 24.6 Å². The molecule has 1 N–H and O–H groups in total. The molecule has 4 aromatic rings. The second-order valence-electron chi connectivity index (χ2n) is 6.96. The van der Waals surface area contributed by atoms with Gasteiger partial charge in [0.25, 0.3) is 5.69 Å². The summed E-state index contributed by atoms with van der Waals surface area (Å²) in [7, 11) is 1.57. The summed E-state index contributed by atoms with van der Waals surface area (Å²) in [6.07, 6.45) is 0. The largest absolute Gasteiger partial charge is 0.493 e. The molecule has 1 aromatic heterocycles. The monoisotopic (exact) mass is 446 g/mol. The Morgan fingerprint density at radius 2 is 1.70 bits per heavy atom. The third kappa shape index (κ3) is 4.79. The van der Waals surface area contributed by atoms with E-state index in [4.69, 9.17) is 9.47 Å².